The molecule has 0 radical (unpaired) electrons. The standard InChI is InChI=1S/C11H11ClN2O/c1-7-6-10(15)13-14-11(7)8-2-4-9(12)5-3-8/h2-5,7H,6H2,1H3,(H,13,15)/t7-/m0/s1. The number of hydrazone groups is 1. The molecule has 0 aromatic heterocycles. The highest BCUT2D eigenvalue weighted by atomic mass is 35.5. The Morgan fingerprint density at radius 1 is 1.40 bits per heavy atom. The van der Waals surface area contributed by atoms with Crippen molar-refractivity contribution < 1.29 is 4.79 Å². The van der Waals surface area contributed by atoms with Gasteiger partial charge in [0.1, 0.15) is 0 Å². The van der Waals surface area contributed by atoms with Crippen LogP contribution in [0.15, 0.2) is 29.4 Å². The molecule has 0 saturated heterocycles. The minimum atomic E-state index is -0.0276. The number of carbonyl (C=O) groups is 1. The van der Waals surface area contributed by atoms with Crippen molar-refractivity contribution in [3.8, 4) is 0 Å². The van der Waals surface area contributed by atoms with Crippen LogP contribution < -0.4 is 5.43 Å². The number of halogens is 1. The Hall–Kier alpha value is -1.35. The molecule has 1 aliphatic rings. The van der Waals surface area contributed by atoms with Crippen molar-refractivity contribution in [2.45, 2.75) is 13.3 Å². The molecule has 0 spiro atoms. The first-order valence-electron chi connectivity index (χ1n) is 4.79. The van der Waals surface area contributed by atoms with Gasteiger partial charge in [-0.05, 0) is 17.7 Å². The first-order valence-corrected chi connectivity index (χ1v) is 5.17. The zero-order valence-corrected chi connectivity index (χ0v) is 9.08. The lowest BCUT2D eigenvalue weighted by molar-refractivity contribution is -0.121. The van der Waals surface area contributed by atoms with Crippen molar-refractivity contribution in [3.63, 3.8) is 0 Å². The van der Waals surface area contributed by atoms with Crippen LogP contribution in [-0.2, 0) is 4.79 Å². The summed E-state index contributed by atoms with van der Waals surface area (Å²) in [7, 11) is 0. The SMILES string of the molecule is C[C@H]1CC(=O)NN=C1c1ccc(Cl)cc1. The molecule has 4 heteroatoms. The van der Waals surface area contributed by atoms with Crippen molar-refractivity contribution in [2.75, 3.05) is 0 Å². The summed E-state index contributed by atoms with van der Waals surface area (Å²) in [6.45, 7) is 1.99. The van der Waals surface area contributed by atoms with Crippen molar-refractivity contribution in [3.05, 3.63) is 34.9 Å². The van der Waals surface area contributed by atoms with E-state index in [4.69, 9.17) is 11.6 Å². The van der Waals surface area contributed by atoms with Gasteiger partial charge in [-0.2, -0.15) is 5.10 Å². The Bertz CT molecular complexity index is 411. The normalized spacial score (nSPS) is 20.8. The highest BCUT2D eigenvalue weighted by Gasteiger charge is 2.21. The smallest absolute Gasteiger partial charge is 0.240 e. The maximum atomic E-state index is 11.1. The van der Waals surface area contributed by atoms with Gasteiger partial charge in [0.25, 0.3) is 0 Å². The van der Waals surface area contributed by atoms with E-state index in [9.17, 15) is 4.79 Å². The van der Waals surface area contributed by atoms with Crippen LogP contribution >= 0.6 is 11.6 Å². The second-order valence-electron chi connectivity index (χ2n) is 3.64. The largest absolute Gasteiger partial charge is 0.273 e. The quantitative estimate of drug-likeness (QED) is 0.778. The first kappa shape index (κ1) is 10.2. The fourth-order valence-corrected chi connectivity index (χ4v) is 1.75. The highest BCUT2D eigenvalue weighted by Crippen LogP contribution is 2.18. The van der Waals surface area contributed by atoms with Gasteiger partial charge in [0.05, 0.1) is 5.71 Å². The third-order valence-corrected chi connectivity index (χ3v) is 2.65. The minimum absolute atomic E-state index is 0.0276. The van der Waals surface area contributed by atoms with E-state index in [2.05, 4.69) is 10.5 Å². The zero-order chi connectivity index (χ0) is 10.8. The molecule has 0 bridgehead atoms. The predicted octanol–water partition coefficient (Wildman–Crippen LogP) is 2.20. The number of nitrogens with one attached hydrogen (secondary N) is 1. The van der Waals surface area contributed by atoms with Crippen LogP contribution in [-0.4, -0.2) is 11.6 Å². The van der Waals surface area contributed by atoms with Crippen molar-refractivity contribution in [1.82, 2.24) is 5.43 Å². The Morgan fingerprint density at radius 3 is 2.67 bits per heavy atom. The molecule has 1 aliphatic heterocycles. The number of carbonyl (C=O) groups excluding carboxylic acids is 1. The van der Waals surface area contributed by atoms with Crippen LogP contribution in [0, 0.1) is 5.92 Å². The fraction of sp³-hybridized carbons (Fsp3) is 0.273. The van der Waals surface area contributed by atoms with E-state index >= 15 is 0 Å². The summed E-state index contributed by atoms with van der Waals surface area (Å²) in [6, 6.07) is 7.47. The van der Waals surface area contributed by atoms with Crippen molar-refractivity contribution >= 4 is 23.2 Å². The molecule has 1 atom stereocenters. The predicted molar refractivity (Wildman–Crippen MR) is 59.9 cm³/mol. The number of amides is 1. The van der Waals surface area contributed by atoms with Gasteiger partial charge in [-0.25, -0.2) is 5.43 Å². The number of hydrogen-bond donors (Lipinski definition) is 1. The molecule has 78 valence electrons. The summed E-state index contributed by atoms with van der Waals surface area (Å²) in [5, 5.41) is 4.77. The zero-order valence-electron chi connectivity index (χ0n) is 8.33. The molecule has 1 heterocycles. The Balaban J connectivity index is 2.31. The van der Waals surface area contributed by atoms with Gasteiger partial charge >= 0.3 is 0 Å². The molecule has 0 aliphatic carbocycles. The van der Waals surface area contributed by atoms with E-state index in [0.29, 0.717) is 11.4 Å². The van der Waals surface area contributed by atoms with Crippen LogP contribution in [0.25, 0.3) is 0 Å². The maximum absolute atomic E-state index is 11.1. The molecule has 2 rings (SSSR count). The molecular weight excluding hydrogens is 212 g/mol. The number of benzene rings is 1. The molecule has 1 amide bonds. The Labute approximate surface area is 93.1 Å². The molecule has 1 N–H and O–H groups in total. The van der Waals surface area contributed by atoms with E-state index in [0.717, 1.165) is 11.3 Å². The summed E-state index contributed by atoms with van der Waals surface area (Å²) in [6.07, 6.45) is 0.488. The van der Waals surface area contributed by atoms with Crippen LogP contribution in [0.2, 0.25) is 5.02 Å². The number of nitrogens with zero attached hydrogens (tertiary/aromatic N) is 1. The number of rotatable bonds is 1. The fourth-order valence-electron chi connectivity index (χ4n) is 1.62. The molecule has 3 nitrogen and oxygen atoms in total. The molecular formula is C11H11ClN2O. The van der Waals surface area contributed by atoms with Gasteiger partial charge in [0, 0.05) is 17.4 Å². The summed E-state index contributed by atoms with van der Waals surface area (Å²) in [5.74, 6) is 0.125. The van der Waals surface area contributed by atoms with E-state index < -0.39 is 0 Å². The summed E-state index contributed by atoms with van der Waals surface area (Å²) >= 11 is 5.80. The lowest BCUT2D eigenvalue weighted by Crippen LogP contribution is -2.31. The molecule has 0 saturated carbocycles. The van der Waals surface area contributed by atoms with Crippen molar-refractivity contribution in [2.24, 2.45) is 11.0 Å². The lowest BCUT2D eigenvalue weighted by Gasteiger charge is -2.18. The second kappa shape index (κ2) is 4.03. The van der Waals surface area contributed by atoms with Crippen LogP contribution in [0.5, 0.6) is 0 Å². The minimum Gasteiger partial charge on any atom is -0.273 e. The molecule has 1 aromatic carbocycles. The third-order valence-electron chi connectivity index (χ3n) is 2.40. The first-order chi connectivity index (χ1) is 7.16. The van der Waals surface area contributed by atoms with Gasteiger partial charge in [-0.3, -0.25) is 4.79 Å². The summed E-state index contributed by atoms with van der Waals surface area (Å²) in [4.78, 5) is 11.1. The van der Waals surface area contributed by atoms with Gasteiger partial charge < -0.3 is 0 Å². The van der Waals surface area contributed by atoms with Crippen LogP contribution in [0.1, 0.15) is 18.9 Å². The maximum Gasteiger partial charge on any atom is 0.240 e. The van der Waals surface area contributed by atoms with Crippen molar-refractivity contribution in [1.29, 1.82) is 0 Å². The highest BCUT2D eigenvalue weighted by molar-refractivity contribution is 6.30. The van der Waals surface area contributed by atoms with E-state index in [1.807, 2.05) is 31.2 Å². The lowest BCUT2D eigenvalue weighted by atomic mass is 9.94. The van der Waals surface area contributed by atoms with Gasteiger partial charge in [-0.1, -0.05) is 30.7 Å². The van der Waals surface area contributed by atoms with E-state index in [-0.39, 0.29) is 11.8 Å². The Morgan fingerprint density at radius 2 is 2.07 bits per heavy atom. The average molecular weight is 223 g/mol. The molecule has 0 unspecified atom stereocenters. The summed E-state index contributed by atoms with van der Waals surface area (Å²) in [5.41, 5.74) is 4.41. The molecule has 1 aromatic rings. The molecule has 15 heavy (non-hydrogen) atoms. The Kier molecular flexibility index (Phi) is 2.73. The van der Waals surface area contributed by atoms with Gasteiger partial charge in [0.15, 0.2) is 0 Å². The van der Waals surface area contributed by atoms with E-state index in [1.54, 1.807) is 0 Å². The monoisotopic (exact) mass is 222 g/mol. The summed E-state index contributed by atoms with van der Waals surface area (Å²) < 4.78 is 0. The van der Waals surface area contributed by atoms with E-state index in [1.165, 1.54) is 0 Å². The van der Waals surface area contributed by atoms with Crippen LogP contribution in [0.3, 0.4) is 0 Å². The second-order valence-corrected chi connectivity index (χ2v) is 4.08. The van der Waals surface area contributed by atoms with Gasteiger partial charge in [0.2, 0.25) is 5.91 Å². The van der Waals surface area contributed by atoms with Crippen LogP contribution in [0.4, 0.5) is 0 Å². The average Bonchev–Trinajstić information content (AvgIpc) is 2.20. The van der Waals surface area contributed by atoms with Gasteiger partial charge in [-0.15, -0.1) is 0 Å². The topological polar surface area (TPSA) is 41.5 Å². The molecule has 0 fully saturated rings. The third kappa shape index (κ3) is 2.18. The number of hydrogen-bond acceptors (Lipinski definition) is 2.